The van der Waals surface area contributed by atoms with E-state index in [-0.39, 0.29) is 5.82 Å². The first kappa shape index (κ1) is 19.5. The molecule has 7 nitrogen and oxygen atoms in total. The summed E-state index contributed by atoms with van der Waals surface area (Å²) in [6.07, 6.45) is 6.40. The molecule has 2 aliphatic rings. The molecule has 0 N–H and O–H groups in total. The van der Waals surface area contributed by atoms with Gasteiger partial charge in [0.1, 0.15) is 5.82 Å². The van der Waals surface area contributed by atoms with Crippen LogP contribution in [0.4, 0.5) is 4.39 Å². The number of nitrogens with zero attached hydrogens (tertiary/aromatic N) is 5. The van der Waals surface area contributed by atoms with E-state index in [0.29, 0.717) is 45.0 Å². The predicted molar refractivity (Wildman–Crippen MR) is 105 cm³/mol. The minimum Gasteiger partial charge on any atom is -0.298 e. The first-order valence-electron chi connectivity index (χ1n) is 9.79. The Morgan fingerprint density at radius 1 is 0.964 bits per heavy atom. The molecule has 152 valence electrons. The third-order valence-corrected chi connectivity index (χ3v) is 7.42. The molecule has 1 aromatic heterocycles. The lowest BCUT2D eigenvalue weighted by Crippen LogP contribution is -2.44. The number of hydrogen-bond acceptors (Lipinski definition) is 4. The van der Waals surface area contributed by atoms with Crippen LogP contribution in [0.1, 0.15) is 24.8 Å². The molecule has 28 heavy (non-hydrogen) atoms. The van der Waals surface area contributed by atoms with Crippen LogP contribution in [0, 0.1) is 5.82 Å². The van der Waals surface area contributed by atoms with Crippen molar-refractivity contribution in [3.05, 3.63) is 48.0 Å². The third kappa shape index (κ3) is 4.27. The van der Waals surface area contributed by atoms with E-state index < -0.39 is 10.2 Å². The molecular formula is C19H26FN5O2S. The van der Waals surface area contributed by atoms with Crippen LogP contribution in [0.25, 0.3) is 5.69 Å². The Labute approximate surface area is 165 Å². The molecule has 2 aliphatic heterocycles. The van der Waals surface area contributed by atoms with Gasteiger partial charge in [-0.1, -0.05) is 6.07 Å². The lowest BCUT2D eigenvalue weighted by Gasteiger charge is -2.26. The molecule has 0 atom stereocenters. The van der Waals surface area contributed by atoms with E-state index >= 15 is 0 Å². The average Bonchev–Trinajstić information content (AvgIpc) is 3.31. The Hall–Kier alpha value is -1.81. The monoisotopic (exact) mass is 407 g/mol. The van der Waals surface area contributed by atoms with Crippen molar-refractivity contribution in [2.24, 2.45) is 0 Å². The summed E-state index contributed by atoms with van der Waals surface area (Å²) in [6, 6.07) is 6.33. The van der Waals surface area contributed by atoms with Crippen LogP contribution >= 0.6 is 0 Å². The van der Waals surface area contributed by atoms with Crippen LogP contribution in [0.2, 0.25) is 0 Å². The molecule has 3 heterocycles. The summed E-state index contributed by atoms with van der Waals surface area (Å²) in [5, 5.41) is 4.33. The van der Waals surface area contributed by atoms with Gasteiger partial charge < -0.3 is 0 Å². The van der Waals surface area contributed by atoms with Gasteiger partial charge in [0.05, 0.1) is 11.9 Å². The SMILES string of the molecule is O=S(=O)(N1CCCC1)N1CCCN(Cc2cnn(-c3cccc(F)c3)c2)CC1. The summed E-state index contributed by atoms with van der Waals surface area (Å²) in [5.41, 5.74) is 1.71. The molecule has 2 aromatic rings. The molecular weight excluding hydrogens is 381 g/mol. The van der Waals surface area contributed by atoms with Crippen LogP contribution in [0.15, 0.2) is 36.7 Å². The minimum absolute atomic E-state index is 0.290. The minimum atomic E-state index is -3.33. The summed E-state index contributed by atoms with van der Waals surface area (Å²) in [5.74, 6) is -0.290. The van der Waals surface area contributed by atoms with E-state index in [1.807, 2.05) is 12.3 Å². The highest BCUT2D eigenvalue weighted by molar-refractivity contribution is 7.86. The normalized spacial score (nSPS) is 20.5. The van der Waals surface area contributed by atoms with Gasteiger partial charge >= 0.3 is 0 Å². The van der Waals surface area contributed by atoms with Gasteiger partial charge in [-0.2, -0.15) is 22.1 Å². The van der Waals surface area contributed by atoms with E-state index in [9.17, 15) is 12.8 Å². The second-order valence-corrected chi connectivity index (χ2v) is 9.34. The molecule has 0 saturated carbocycles. The molecule has 2 fully saturated rings. The maximum absolute atomic E-state index is 13.4. The van der Waals surface area contributed by atoms with Crippen LogP contribution in [-0.4, -0.2) is 71.0 Å². The quantitative estimate of drug-likeness (QED) is 0.759. The van der Waals surface area contributed by atoms with E-state index in [2.05, 4.69) is 10.00 Å². The van der Waals surface area contributed by atoms with Crippen molar-refractivity contribution in [2.75, 3.05) is 39.3 Å². The second-order valence-electron chi connectivity index (χ2n) is 7.42. The molecule has 0 aliphatic carbocycles. The fourth-order valence-corrected chi connectivity index (χ4v) is 5.60. The van der Waals surface area contributed by atoms with Crippen molar-refractivity contribution < 1.29 is 12.8 Å². The van der Waals surface area contributed by atoms with E-state index in [1.165, 1.54) is 12.1 Å². The number of benzene rings is 1. The zero-order valence-electron chi connectivity index (χ0n) is 15.9. The zero-order valence-corrected chi connectivity index (χ0v) is 16.7. The first-order chi connectivity index (χ1) is 13.5. The van der Waals surface area contributed by atoms with Gasteiger partial charge in [0, 0.05) is 51.0 Å². The summed E-state index contributed by atoms with van der Waals surface area (Å²) in [7, 11) is -3.33. The molecule has 1 aromatic carbocycles. The highest BCUT2D eigenvalue weighted by Crippen LogP contribution is 2.19. The summed E-state index contributed by atoms with van der Waals surface area (Å²) >= 11 is 0. The van der Waals surface area contributed by atoms with E-state index in [4.69, 9.17) is 0 Å². The fraction of sp³-hybridized carbons (Fsp3) is 0.526. The van der Waals surface area contributed by atoms with Crippen LogP contribution < -0.4 is 0 Å². The van der Waals surface area contributed by atoms with Gasteiger partial charge in [-0.15, -0.1) is 0 Å². The van der Waals surface area contributed by atoms with Crippen LogP contribution in [0.3, 0.4) is 0 Å². The Kier molecular flexibility index (Phi) is 5.77. The topological polar surface area (TPSA) is 61.7 Å². The molecule has 2 saturated heterocycles. The third-order valence-electron chi connectivity index (χ3n) is 5.38. The van der Waals surface area contributed by atoms with Crippen LogP contribution in [0.5, 0.6) is 0 Å². The molecule has 0 unspecified atom stereocenters. The number of rotatable bonds is 5. The van der Waals surface area contributed by atoms with Gasteiger partial charge in [-0.05, 0) is 44.0 Å². The predicted octanol–water partition coefficient (Wildman–Crippen LogP) is 1.86. The van der Waals surface area contributed by atoms with Crippen LogP contribution in [-0.2, 0) is 16.8 Å². The lowest BCUT2D eigenvalue weighted by atomic mass is 10.3. The largest absolute Gasteiger partial charge is 0.298 e. The molecule has 9 heteroatoms. The second kappa shape index (κ2) is 8.28. The Bertz CT molecular complexity index is 911. The molecule has 4 rings (SSSR count). The number of aromatic nitrogens is 2. The molecule has 0 bridgehead atoms. The standard InChI is InChI=1S/C19H26FN5O2S/c20-18-5-3-6-19(13-18)25-16-17(14-21-25)15-22-7-4-10-24(12-11-22)28(26,27)23-8-1-2-9-23/h3,5-6,13-14,16H,1-2,4,7-12,15H2. The molecule has 0 spiro atoms. The molecule has 0 amide bonds. The summed E-state index contributed by atoms with van der Waals surface area (Å²) < 4.78 is 43.9. The zero-order chi connectivity index (χ0) is 19.6. The van der Waals surface area contributed by atoms with Gasteiger partial charge in [0.25, 0.3) is 10.2 Å². The molecule has 0 radical (unpaired) electrons. The Balaban J connectivity index is 1.38. The first-order valence-corrected chi connectivity index (χ1v) is 11.2. The van der Waals surface area contributed by atoms with Crippen molar-refractivity contribution >= 4 is 10.2 Å². The summed E-state index contributed by atoms with van der Waals surface area (Å²) in [6.45, 7) is 4.60. The summed E-state index contributed by atoms with van der Waals surface area (Å²) in [4.78, 5) is 2.26. The Morgan fingerprint density at radius 2 is 1.71 bits per heavy atom. The van der Waals surface area contributed by atoms with Crippen molar-refractivity contribution in [1.29, 1.82) is 0 Å². The highest BCUT2D eigenvalue weighted by atomic mass is 32.2. The van der Waals surface area contributed by atoms with Gasteiger partial charge in [0.2, 0.25) is 0 Å². The van der Waals surface area contributed by atoms with E-state index in [0.717, 1.165) is 31.4 Å². The average molecular weight is 408 g/mol. The van der Waals surface area contributed by atoms with Crippen molar-refractivity contribution in [2.45, 2.75) is 25.8 Å². The van der Waals surface area contributed by atoms with E-state index in [1.54, 1.807) is 25.6 Å². The highest BCUT2D eigenvalue weighted by Gasteiger charge is 2.32. The van der Waals surface area contributed by atoms with Gasteiger partial charge in [-0.3, -0.25) is 4.90 Å². The number of halogens is 1. The van der Waals surface area contributed by atoms with Crippen molar-refractivity contribution in [1.82, 2.24) is 23.3 Å². The fourth-order valence-electron chi connectivity index (χ4n) is 3.88. The Morgan fingerprint density at radius 3 is 2.50 bits per heavy atom. The van der Waals surface area contributed by atoms with Gasteiger partial charge in [-0.25, -0.2) is 9.07 Å². The smallest absolute Gasteiger partial charge is 0.282 e. The maximum atomic E-state index is 13.4. The maximum Gasteiger partial charge on any atom is 0.282 e. The lowest BCUT2D eigenvalue weighted by molar-refractivity contribution is 0.276. The van der Waals surface area contributed by atoms with Gasteiger partial charge in [0.15, 0.2) is 0 Å². The van der Waals surface area contributed by atoms with Crippen molar-refractivity contribution in [3.63, 3.8) is 0 Å². The number of hydrogen-bond donors (Lipinski definition) is 0. The van der Waals surface area contributed by atoms with Crippen molar-refractivity contribution in [3.8, 4) is 5.69 Å².